The van der Waals surface area contributed by atoms with E-state index in [2.05, 4.69) is 15.1 Å². The molecule has 1 saturated heterocycles. The number of carbonyl (C=O) groups is 1. The van der Waals surface area contributed by atoms with Gasteiger partial charge in [0.15, 0.2) is 5.69 Å². The monoisotopic (exact) mass is 300 g/mol. The van der Waals surface area contributed by atoms with Crippen LogP contribution in [-0.2, 0) is 11.0 Å². The highest BCUT2D eigenvalue weighted by molar-refractivity contribution is 5.84. The molecule has 3 rings (SSSR count). The third-order valence-electron chi connectivity index (χ3n) is 3.40. The van der Waals surface area contributed by atoms with Gasteiger partial charge in [0.25, 0.3) is 5.78 Å². The molecule has 1 fully saturated rings. The minimum absolute atomic E-state index is 0.117. The molecule has 1 aliphatic rings. The molecule has 2 aromatic rings. The van der Waals surface area contributed by atoms with Gasteiger partial charge in [-0.2, -0.15) is 27.8 Å². The van der Waals surface area contributed by atoms with Crippen molar-refractivity contribution in [2.45, 2.75) is 25.1 Å². The maximum absolute atomic E-state index is 12.9. The Bertz CT molecular complexity index is 697. The highest BCUT2D eigenvalue weighted by atomic mass is 19.4. The summed E-state index contributed by atoms with van der Waals surface area (Å²) in [6, 6.07) is 0.212. The van der Waals surface area contributed by atoms with E-state index in [0.29, 0.717) is 19.4 Å². The molecule has 112 valence electrons. The number of nitrogens with two attached hydrogens (primary N) is 1. The van der Waals surface area contributed by atoms with Crippen LogP contribution in [0.3, 0.4) is 0 Å². The van der Waals surface area contributed by atoms with Crippen molar-refractivity contribution < 1.29 is 18.0 Å². The van der Waals surface area contributed by atoms with Crippen LogP contribution < -0.4 is 10.6 Å². The van der Waals surface area contributed by atoms with Gasteiger partial charge in [-0.05, 0) is 12.8 Å². The largest absolute Gasteiger partial charge is 0.433 e. The standard InChI is InChI=1S/C11H11F3N6O/c12-11(13,14)7-4-8(20-10(18-7)16-5-17-20)19-3-1-2-6(19)9(15)21/h4-6H,1-3H2,(H2,15,21). The molecule has 1 unspecified atom stereocenters. The maximum Gasteiger partial charge on any atom is 0.433 e. The Labute approximate surface area is 116 Å². The highest BCUT2D eigenvalue weighted by Gasteiger charge is 2.37. The van der Waals surface area contributed by atoms with Crippen LogP contribution in [0.2, 0.25) is 0 Å². The summed E-state index contributed by atoms with van der Waals surface area (Å²) >= 11 is 0. The number of amides is 1. The normalized spacial score (nSPS) is 19.4. The Morgan fingerprint density at radius 3 is 2.86 bits per heavy atom. The Morgan fingerprint density at radius 1 is 1.43 bits per heavy atom. The number of fused-ring (bicyclic) bond motifs is 1. The summed E-state index contributed by atoms with van der Waals surface area (Å²) in [7, 11) is 0. The first-order valence-corrected chi connectivity index (χ1v) is 6.22. The number of anilines is 1. The summed E-state index contributed by atoms with van der Waals surface area (Å²) in [5.41, 5.74) is 4.23. The van der Waals surface area contributed by atoms with E-state index in [1.165, 1.54) is 9.42 Å². The number of rotatable bonds is 2. The first-order valence-electron chi connectivity index (χ1n) is 6.22. The molecule has 0 spiro atoms. The first kappa shape index (κ1) is 13.6. The Balaban J connectivity index is 2.16. The maximum atomic E-state index is 12.9. The summed E-state index contributed by atoms with van der Waals surface area (Å²) in [4.78, 5) is 20.1. The average Bonchev–Trinajstić information content (AvgIpc) is 3.05. The molecule has 0 saturated carbocycles. The van der Waals surface area contributed by atoms with Gasteiger partial charge in [-0.3, -0.25) is 4.79 Å². The van der Waals surface area contributed by atoms with E-state index in [9.17, 15) is 18.0 Å². The second-order valence-electron chi connectivity index (χ2n) is 4.72. The molecule has 1 amide bonds. The molecule has 3 heterocycles. The molecule has 21 heavy (non-hydrogen) atoms. The summed E-state index contributed by atoms with van der Waals surface area (Å²) in [5.74, 6) is -0.632. The van der Waals surface area contributed by atoms with Crippen LogP contribution in [0.1, 0.15) is 18.5 Å². The number of nitrogens with zero attached hydrogens (tertiary/aromatic N) is 5. The fourth-order valence-electron chi connectivity index (χ4n) is 2.48. The van der Waals surface area contributed by atoms with E-state index in [1.807, 2.05) is 0 Å². The van der Waals surface area contributed by atoms with Crippen LogP contribution >= 0.6 is 0 Å². The number of halogens is 3. The van der Waals surface area contributed by atoms with E-state index in [1.54, 1.807) is 0 Å². The van der Waals surface area contributed by atoms with Crippen molar-refractivity contribution in [1.82, 2.24) is 19.6 Å². The average molecular weight is 300 g/mol. The van der Waals surface area contributed by atoms with E-state index < -0.39 is 23.8 Å². The second kappa shape index (κ2) is 4.57. The van der Waals surface area contributed by atoms with Gasteiger partial charge < -0.3 is 10.6 Å². The number of carbonyl (C=O) groups excluding carboxylic acids is 1. The van der Waals surface area contributed by atoms with E-state index >= 15 is 0 Å². The minimum atomic E-state index is -4.61. The van der Waals surface area contributed by atoms with Crippen molar-refractivity contribution in [3.05, 3.63) is 18.1 Å². The van der Waals surface area contributed by atoms with Gasteiger partial charge in [0, 0.05) is 12.6 Å². The predicted molar refractivity (Wildman–Crippen MR) is 65.3 cm³/mol. The highest BCUT2D eigenvalue weighted by Crippen LogP contribution is 2.32. The minimum Gasteiger partial charge on any atom is -0.368 e. The lowest BCUT2D eigenvalue weighted by atomic mass is 10.2. The van der Waals surface area contributed by atoms with Crippen molar-refractivity contribution >= 4 is 17.5 Å². The Hall–Kier alpha value is -2.39. The fourth-order valence-corrected chi connectivity index (χ4v) is 2.48. The van der Waals surface area contributed by atoms with Gasteiger partial charge in [0.2, 0.25) is 5.91 Å². The van der Waals surface area contributed by atoms with Crippen LogP contribution in [0.5, 0.6) is 0 Å². The molecule has 0 bridgehead atoms. The fraction of sp³-hybridized carbons (Fsp3) is 0.455. The van der Waals surface area contributed by atoms with Gasteiger partial charge in [0.05, 0.1) is 0 Å². The zero-order valence-electron chi connectivity index (χ0n) is 10.7. The molecule has 0 aliphatic carbocycles. The van der Waals surface area contributed by atoms with Gasteiger partial charge in [0.1, 0.15) is 18.2 Å². The lowest BCUT2D eigenvalue weighted by molar-refractivity contribution is -0.141. The van der Waals surface area contributed by atoms with E-state index in [-0.39, 0.29) is 11.6 Å². The third-order valence-corrected chi connectivity index (χ3v) is 3.40. The number of hydrogen-bond acceptors (Lipinski definition) is 5. The third kappa shape index (κ3) is 2.26. The quantitative estimate of drug-likeness (QED) is 0.877. The summed E-state index contributed by atoms with van der Waals surface area (Å²) in [6.45, 7) is 0.421. The first-order chi connectivity index (χ1) is 9.88. The SMILES string of the molecule is NC(=O)C1CCCN1c1cc(C(F)(F)F)nc2ncnn12. The van der Waals surface area contributed by atoms with Crippen molar-refractivity contribution in [1.29, 1.82) is 0 Å². The lowest BCUT2D eigenvalue weighted by Crippen LogP contribution is -2.41. The van der Waals surface area contributed by atoms with Crippen LogP contribution in [0.15, 0.2) is 12.4 Å². The van der Waals surface area contributed by atoms with Crippen molar-refractivity contribution in [2.24, 2.45) is 5.73 Å². The number of hydrogen-bond donors (Lipinski definition) is 1. The zero-order valence-corrected chi connectivity index (χ0v) is 10.7. The molecule has 1 aliphatic heterocycles. The molecule has 10 heteroatoms. The molecule has 0 radical (unpaired) electrons. The van der Waals surface area contributed by atoms with Gasteiger partial charge in [-0.1, -0.05) is 0 Å². The van der Waals surface area contributed by atoms with Crippen molar-refractivity contribution in [2.75, 3.05) is 11.4 Å². The van der Waals surface area contributed by atoms with Crippen LogP contribution in [0.25, 0.3) is 5.78 Å². The molecular weight excluding hydrogens is 289 g/mol. The van der Waals surface area contributed by atoms with Gasteiger partial charge >= 0.3 is 6.18 Å². The van der Waals surface area contributed by atoms with Crippen LogP contribution in [0.4, 0.5) is 19.0 Å². The summed E-state index contributed by atoms with van der Waals surface area (Å²) in [6.07, 6.45) is -2.34. The van der Waals surface area contributed by atoms with E-state index in [0.717, 1.165) is 12.4 Å². The Morgan fingerprint density at radius 2 is 2.19 bits per heavy atom. The number of aromatic nitrogens is 4. The Kier molecular flexibility index (Phi) is 2.96. The zero-order chi connectivity index (χ0) is 15.2. The molecule has 2 aromatic heterocycles. The molecule has 0 aromatic carbocycles. The molecule has 2 N–H and O–H groups in total. The van der Waals surface area contributed by atoms with Crippen LogP contribution in [0, 0.1) is 0 Å². The van der Waals surface area contributed by atoms with Crippen molar-refractivity contribution in [3.63, 3.8) is 0 Å². The predicted octanol–water partition coefficient (Wildman–Crippen LogP) is 0.597. The van der Waals surface area contributed by atoms with Crippen molar-refractivity contribution in [3.8, 4) is 0 Å². The molecule has 1 atom stereocenters. The van der Waals surface area contributed by atoms with Gasteiger partial charge in [-0.15, -0.1) is 0 Å². The number of primary amides is 1. The van der Waals surface area contributed by atoms with Crippen LogP contribution in [-0.4, -0.2) is 38.1 Å². The molecular formula is C11H11F3N6O. The number of alkyl halides is 3. The summed E-state index contributed by atoms with van der Waals surface area (Å²) < 4.78 is 39.9. The topological polar surface area (TPSA) is 89.4 Å². The smallest absolute Gasteiger partial charge is 0.368 e. The molecule has 7 nitrogen and oxygen atoms in total. The second-order valence-corrected chi connectivity index (χ2v) is 4.72. The van der Waals surface area contributed by atoms with E-state index in [4.69, 9.17) is 5.73 Å². The van der Waals surface area contributed by atoms with Gasteiger partial charge in [-0.25, -0.2) is 4.98 Å². The lowest BCUT2D eigenvalue weighted by Gasteiger charge is -2.25. The summed E-state index contributed by atoms with van der Waals surface area (Å²) in [5, 5.41) is 3.86.